The first-order valence-electron chi connectivity index (χ1n) is 9.17. The number of benzene rings is 1. The lowest BCUT2D eigenvalue weighted by Crippen LogP contribution is -2.56. The van der Waals surface area contributed by atoms with E-state index in [0.717, 1.165) is 32.5 Å². The minimum atomic E-state index is -0.843. The minimum absolute atomic E-state index is 0.0421. The molecule has 1 N–H and O–H groups in total. The molecule has 0 radical (unpaired) electrons. The standard InChI is InChI=1S/C20H25N3O3/c1-21-15(11-14-5-3-4-6-17(14)21)13-23-9-7-20(8-10-23)16(19(25)26)12-18(24)22(20)2/h3-6,11,16H,7-10,12-13H2,1-2H3,(H,25,26). The van der Waals surface area contributed by atoms with E-state index in [1.54, 1.807) is 11.9 Å². The number of para-hydroxylation sites is 1. The SMILES string of the molecule is CN1C(=O)CC(C(=O)O)C12CCN(Cc1cc3ccccc3n1C)CC2. The number of amides is 1. The highest BCUT2D eigenvalue weighted by Crippen LogP contribution is 2.43. The first-order chi connectivity index (χ1) is 12.4. The number of likely N-dealkylation sites (tertiary alicyclic amines) is 2. The number of aromatic nitrogens is 1. The van der Waals surface area contributed by atoms with Gasteiger partial charge in [0.15, 0.2) is 0 Å². The Labute approximate surface area is 153 Å². The molecule has 1 unspecified atom stereocenters. The van der Waals surface area contributed by atoms with Crippen molar-refractivity contribution in [2.75, 3.05) is 20.1 Å². The molecule has 2 aliphatic rings. The predicted molar refractivity (Wildman–Crippen MR) is 98.7 cm³/mol. The summed E-state index contributed by atoms with van der Waals surface area (Å²) in [4.78, 5) is 27.9. The number of carbonyl (C=O) groups excluding carboxylic acids is 1. The van der Waals surface area contributed by atoms with Gasteiger partial charge in [-0.3, -0.25) is 14.5 Å². The number of carbonyl (C=O) groups is 2. The van der Waals surface area contributed by atoms with Crippen LogP contribution in [0.2, 0.25) is 0 Å². The molecule has 4 rings (SSSR count). The Bertz CT molecular complexity index is 864. The molecular weight excluding hydrogens is 330 g/mol. The maximum Gasteiger partial charge on any atom is 0.309 e. The van der Waals surface area contributed by atoms with Crippen LogP contribution in [0.5, 0.6) is 0 Å². The van der Waals surface area contributed by atoms with Crippen LogP contribution in [0, 0.1) is 5.92 Å². The molecule has 1 atom stereocenters. The molecule has 0 saturated carbocycles. The van der Waals surface area contributed by atoms with Crippen molar-refractivity contribution in [1.29, 1.82) is 0 Å². The van der Waals surface area contributed by atoms with Crippen molar-refractivity contribution in [3.8, 4) is 0 Å². The summed E-state index contributed by atoms with van der Waals surface area (Å²) in [6.07, 6.45) is 1.57. The lowest BCUT2D eigenvalue weighted by atomic mass is 9.77. The van der Waals surface area contributed by atoms with Crippen LogP contribution in [0.15, 0.2) is 30.3 Å². The number of rotatable bonds is 3. The number of hydrogen-bond donors (Lipinski definition) is 1. The topological polar surface area (TPSA) is 65.8 Å². The summed E-state index contributed by atoms with van der Waals surface area (Å²) in [6, 6.07) is 10.6. The summed E-state index contributed by atoms with van der Waals surface area (Å²) in [5, 5.41) is 10.8. The van der Waals surface area contributed by atoms with Gasteiger partial charge in [-0.05, 0) is 30.4 Å². The second-order valence-corrected chi connectivity index (χ2v) is 7.68. The molecule has 6 heteroatoms. The number of piperidine rings is 1. The lowest BCUT2D eigenvalue weighted by molar-refractivity contribution is -0.146. The molecule has 2 saturated heterocycles. The van der Waals surface area contributed by atoms with E-state index in [2.05, 4.69) is 46.8 Å². The van der Waals surface area contributed by atoms with Crippen molar-refractivity contribution in [1.82, 2.24) is 14.4 Å². The Kier molecular flexibility index (Phi) is 4.03. The predicted octanol–water partition coefficient (Wildman–Crippen LogP) is 2.08. The van der Waals surface area contributed by atoms with E-state index in [0.29, 0.717) is 0 Å². The third kappa shape index (κ3) is 2.51. The largest absolute Gasteiger partial charge is 0.481 e. The molecular formula is C20H25N3O3. The van der Waals surface area contributed by atoms with Crippen LogP contribution in [0.4, 0.5) is 0 Å². The van der Waals surface area contributed by atoms with Gasteiger partial charge in [0.05, 0.1) is 11.5 Å². The highest BCUT2D eigenvalue weighted by Gasteiger charge is 2.55. The molecule has 26 heavy (non-hydrogen) atoms. The van der Waals surface area contributed by atoms with Gasteiger partial charge in [-0.1, -0.05) is 18.2 Å². The number of aliphatic carboxylic acids is 1. The highest BCUT2D eigenvalue weighted by molar-refractivity contribution is 5.88. The van der Waals surface area contributed by atoms with Crippen LogP contribution >= 0.6 is 0 Å². The molecule has 3 heterocycles. The zero-order valence-electron chi connectivity index (χ0n) is 15.3. The van der Waals surface area contributed by atoms with Crippen LogP contribution in [-0.2, 0) is 23.2 Å². The third-order valence-electron chi connectivity index (χ3n) is 6.53. The summed E-state index contributed by atoms with van der Waals surface area (Å²) < 4.78 is 2.23. The average molecular weight is 355 g/mol. The normalized spacial score (nSPS) is 23.2. The first-order valence-corrected chi connectivity index (χ1v) is 9.17. The van der Waals surface area contributed by atoms with Gasteiger partial charge < -0.3 is 14.6 Å². The second-order valence-electron chi connectivity index (χ2n) is 7.68. The Morgan fingerprint density at radius 2 is 1.92 bits per heavy atom. The molecule has 1 spiro atoms. The summed E-state index contributed by atoms with van der Waals surface area (Å²) in [7, 11) is 3.86. The van der Waals surface area contributed by atoms with E-state index in [1.807, 2.05) is 0 Å². The smallest absolute Gasteiger partial charge is 0.309 e. The van der Waals surface area contributed by atoms with Crippen LogP contribution in [0.3, 0.4) is 0 Å². The van der Waals surface area contributed by atoms with Gasteiger partial charge in [-0.25, -0.2) is 0 Å². The molecule has 2 aliphatic heterocycles. The van der Waals surface area contributed by atoms with Crippen molar-refractivity contribution in [2.24, 2.45) is 13.0 Å². The Hall–Kier alpha value is -2.34. The van der Waals surface area contributed by atoms with E-state index < -0.39 is 17.4 Å². The van der Waals surface area contributed by atoms with E-state index in [9.17, 15) is 14.7 Å². The van der Waals surface area contributed by atoms with E-state index >= 15 is 0 Å². The molecule has 2 fully saturated rings. The van der Waals surface area contributed by atoms with Crippen LogP contribution in [0.25, 0.3) is 10.9 Å². The molecule has 2 aromatic rings. The van der Waals surface area contributed by atoms with Crippen molar-refractivity contribution in [2.45, 2.75) is 31.3 Å². The van der Waals surface area contributed by atoms with Crippen LogP contribution in [0.1, 0.15) is 25.0 Å². The maximum atomic E-state index is 12.1. The number of nitrogens with zero attached hydrogens (tertiary/aromatic N) is 3. The number of carboxylic acid groups (broad SMARTS) is 1. The van der Waals surface area contributed by atoms with Gasteiger partial charge in [-0.2, -0.15) is 0 Å². The summed E-state index contributed by atoms with van der Waals surface area (Å²) in [5.74, 6) is -1.47. The number of fused-ring (bicyclic) bond motifs is 1. The summed E-state index contributed by atoms with van der Waals surface area (Å²) in [5.41, 5.74) is 1.97. The maximum absolute atomic E-state index is 12.1. The third-order valence-corrected chi connectivity index (χ3v) is 6.53. The second kappa shape index (κ2) is 6.13. The van der Waals surface area contributed by atoms with Crippen molar-refractivity contribution in [3.63, 3.8) is 0 Å². The zero-order chi connectivity index (χ0) is 18.5. The van der Waals surface area contributed by atoms with Crippen LogP contribution in [-0.4, -0.2) is 57.0 Å². The van der Waals surface area contributed by atoms with Gasteiger partial charge in [0, 0.05) is 51.4 Å². The molecule has 138 valence electrons. The molecule has 0 bridgehead atoms. The molecule has 0 aliphatic carbocycles. The van der Waals surface area contributed by atoms with E-state index in [-0.39, 0.29) is 12.3 Å². The summed E-state index contributed by atoms with van der Waals surface area (Å²) in [6.45, 7) is 2.46. The van der Waals surface area contributed by atoms with Crippen molar-refractivity contribution >= 4 is 22.8 Å². The monoisotopic (exact) mass is 355 g/mol. The number of aryl methyl sites for hydroxylation is 1. The minimum Gasteiger partial charge on any atom is -0.481 e. The fourth-order valence-electron chi connectivity index (χ4n) is 4.81. The zero-order valence-corrected chi connectivity index (χ0v) is 15.3. The highest BCUT2D eigenvalue weighted by atomic mass is 16.4. The van der Waals surface area contributed by atoms with Crippen LogP contribution < -0.4 is 0 Å². The molecule has 1 amide bonds. The Morgan fingerprint density at radius 1 is 1.23 bits per heavy atom. The average Bonchev–Trinajstić information content (AvgIpc) is 3.07. The van der Waals surface area contributed by atoms with Gasteiger partial charge >= 0.3 is 5.97 Å². The Balaban J connectivity index is 1.50. The fourth-order valence-corrected chi connectivity index (χ4v) is 4.81. The molecule has 1 aromatic carbocycles. The van der Waals surface area contributed by atoms with Gasteiger partial charge in [0.1, 0.15) is 0 Å². The Morgan fingerprint density at radius 3 is 2.58 bits per heavy atom. The number of carboxylic acids is 1. The summed E-state index contributed by atoms with van der Waals surface area (Å²) >= 11 is 0. The molecule has 6 nitrogen and oxygen atoms in total. The lowest BCUT2D eigenvalue weighted by Gasteiger charge is -2.45. The van der Waals surface area contributed by atoms with E-state index in [1.165, 1.54) is 16.6 Å². The number of hydrogen-bond acceptors (Lipinski definition) is 3. The molecule has 1 aromatic heterocycles. The fraction of sp³-hybridized carbons (Fsp3) is 0.500. The van der Waals surface area contributed by atoms with Crippen molar-refractivity contribution in [3.05, 3.63) is 36.0 Å². The first kappa shape index (κ1) is 17.1. The van der Waals surface area contributed by atoms with Crippen molar-refractivity contribution < 1.29 is 14.7 Å². The van der Waals surface area contributed by atoms with Gasteiger partial charge in [0.25, 0.3) is 0 Å². The van der Waals surface area contributed by atoms with E-state index in [4.69, 9.17) is 0 Å². The quantitative estimate of drug-likeness (QED) is 0.915. The van der Waals surface area contributed by atoms with Gasteiger partial charge in [0.2, 0.25) is 5.91 Å². The van der Waals surface area contributed by atoms with Gasteiger partial charge in [-0.15, -0.1) is 0 Å².